The molecule has 2 atom stereocenters. The van der Waals surface area contributed by atoms with Gasteiger partial charge in [0.25, 0.3) is 0 Å². The number of aliphatic hydroxyl groups is 1. The Morgan fingerprint density at radius 3 is 2.81 bits per heavy atom. The minimum atomic E-state index is -3.88. The highest BCUT2D eigenvalue weighted by Gasteiger charge is 2.62. The molecule has 0 saturated carbocycles. The largest absolute Gasteiger partial charge is 0.461 e. The van der Waals surface area contributed by atoms with E-state index in [2.05, 4.69) is 10.1 Å². The summed E-state index contributed by atoms with van der Waals surface area (Å²) in [6.07, 6.45) is 0.281. The Hall–Kier alpha value is -0.750. The van der Waals surface area contributed by atoms with Gasteiger partial charge in [0, 0.05) is 6.04 Å². The zero-order chi connectivity index (χ0) is 12.4. The maximum absolute atomic E-state index is 13.8. The maximum atomic E-state index is 13.8. The van der Waals surface area contributed by atoms with E-state index in [1.54, 1.807) is 0 Å². The van der Waals surface area contributed by atoms with Crippen molar-refractivity contribution in [2.45, 2.75) is 44.3 Å². The Morgan fingerprint density at radius 2 is 2.31 bits per heavy atom. The average Bonchev–Trinajstić information content (AvgIpc) is 2.22. The SMILES string of the molecule is CCOC(=O)C(F)(F)C1(O)CCCNC1C. The van der Waals surface area contributed by atoms with Gasteiger partial charge < -0.3 is 15.2 Å². The van der Waals surface area contributed by atoms with Crippen molar-refractivity contribution in [2.24, 2.45) is 0 Å². The average molecular weight is 237 g/mol. The zero-order valence-corrected chi connectivity index (χ0v) is 9.43. The summed E-state index contributed by atoms with van der Waals surface area (Å²) in [5, 5.41) is 12.7. The van der Waals surface area contributed by atoms with Crippen molar-refractivity contribution in [2.75, 3.05) is 13.2 Å². The maximum Gasteiger partial charge on any atom is 0.380 e. The first kappa shape index (κ1) is 13.3. The fourth-order valence-electron chi connectivity index (χ4n) is 1.89. The highest BCUT2D eigenvalue weighted by Crippen LogP contribution is 2.38. The van der Waals surface area contributed by atoms with Crippen LogP contribution in [0.4, 0.5) is 8.78 Å². The number of piperidine rings is 1. The smallest absolute Gasteiger partial charge is 0.380 e. The summed E-state index contributed by atoms with van der Waals surface area (Å²) < 4.78 is 31.8. The van der Waals surface area contributed by atoms with Gasteiger partial charge in [0.15, 0.2) is 5.60 Å². The van der Waals surface area contributed by atoms with E-state index < -0.39 is 23.5 Å². The van der Waals surface area contributed by atoms with Gasteiger partial charge in [-0.25, -0.2) is 4.79 Å². The van der Waals surface area contributed by atoms with Gasteiger partial charge in [0.05, 0.1) is 6.61 Å². The molecule has 0 spiro atoms. The number of carbonyl (C=O) groups is 1. The molecule has 0 radical (unpaired) electrons. The number of halogens is 2. The van der Waals surface area contributed by atoms with Gasteiger partial charge in [0.1, 0.15) is 0 Å². The predicted molar refractivity (Wildman–Crippen MR) is 53.2 cm³/mol. The minimum absolute atomic E-state index is 0.118. The van der Waals surface area contributed by atoms with Crippen LogP contribution in [0.15, 0.2) is 0 Å². The molecule has 2 unspecified atom stereocenters. The molecule has 4 nitrogen and oxygen atoms in total. The fourth-order valence-corrected chi connectivity index (χ4v) is 1.89. The number of hydrogen-bond acceptors (Lipinski definition) is 4. The molecule has 16 heavy (non-hydrogen) atoms. The lowest BCUT2D eigenvalue weighted by Gasteiger charge is -2.42. The number of rotatable bonds is 3. The Balaban J connectivity index is 2.90. The molecular weight excluding hydrogens is 220 g/mol. The van der Waals surface area contributed by atoms with Crippen LogP contribution in [0.3, 0.4) is 0 Å². The molecule has 0 amide bonds. The van der Waals surface area contributed by atoms with Crippen LogP contribution in [0.1, 0.15) is 26.7 Å². The van der Waals surface area contributed by atoms with Crippen LogP contribution in [-0.4, -0.2) is 41.8 Å². The van der Waals surface area contributed by atoms with Gasteiger partial charge in [-0.1, -0.05) is 0 Å². The Bertz CT molecular complexity index is 273. The number of esters is 1. The van der Waals surface area contributed by atoms with E-state index in [9.17, 15) is 18.7 Å². The second-order valence-corrected chi connectivity index (χ2v) is 4.00. The molecule has 0 aliphatic carbocycles. The molecule has 1 saturated heterocycles. The van der Waals surface area contributed by atoms with Crippen molar-refractivity contribution in [1.29, 1.82) is 0 Å². The number of hydrogen-bond donors (Lipinski definition) is 2. The van der Waals surface area contributed by atoms with Crippen LogP contribution in [0.2, 0.25) is 0 Å². The van der Waals surface area contributed by atoms with E-state index in [1.165, 1.54) is 13.8 Å². The summed E-state index contributed by atoms with van der Waals surface area (Å²) in [7, 11) is 0. The molecular formula is C10H17F2NO3. The minimum Gasteiger partial charge on any atom is -0.461 e. The number of alkyl halides is 2. The normalized spacial score (nSPS) is 31.2. The van der Waals surface area contributed by atoms with Gasteiger partial charge in [-0.3, -0.25) is 0 Å². The van der Waals surface area contributed by atoms with Crippen molar-refractivity contribution in [3.05, 3.63) is 0 Å². The molecule has 94 valence electrons. The summed E-state index contributed by atoms with van der Waals surface area (Å²) in [6, 6.07) is -0.847. The van der Waals surface area contributed by atoms with Gasteiger partial charge in [-0.2, -0.15) is 8.78 Å². The quantitative estimate of drug-likeness (QED) is 0.709. The lowest BCUT2D eigenvalue weighted by molar-refractivity contribution is -0.225. The highest BCUT2D eigenvalue weighted by molar-refractivity contribution is 5.79. The summed E-state index contributed by atoms with van der Waals surface area (Å²) >= 11 is 0. The molecule has 0 aromatic heterocycles. The summed E-state index contributed by atoms with van der Waals surface area (Å²) in [5.41, 5.74) is -2.36. The van der Waals surface area contributed by atoms with Crippen molar-refractivity contribution < 1.29 is 23.4 Å². The van der Waals surface area contributed by atoms with Crippen LogP contribution in [-0.2, 0) is 9.53 Å². The van der Waals surface area contributed by atoms with Gasteiger partial charge in [-0.05, 0) is 33.2 Å². The van der Waals surface area contributed by atoms with E-state index in [-0.39, 0.29) is 13.0 Å². The molecule has 0 aromatic rings. The van der Waals surface area contributed by atoms with E-state index in [4.69, 9.17) is 0 Å². The lowest BCUT2D eigenvalue weighted by atomic mass is 9.81. The molecule has 1 aliphatic heterocycles. The second-order valence-electron chi connectivity index (χ2n) is 4.00. The first-order valence-corrected chi connectivity index (χ1v) is 5.37. The Morgan fingerprint density at radius 1 is 1.69 bits per heavy atom. The fraction of sp³-hybridized carbons (Fsp3) is 0.900. The number of carbonyl (C=O) groups excluding carboxylic acids is 1. The van der Waals surface area contributed by atoms with Crippen molar-refractivity contribution >= 4 is 5.97 Å². The highest BCUT2D eigenvalue weighted by atomic mass is 19.3. The zero-order valence-electron chi connectivity index (χ0n) is 9.43. The third-order valence-corrected chi connectivity index (χ3v) is 2.98. The third kappa shape index (κ3) is 2.04. The first-order chi connectivity index (χ1) is 7.36. The van der Waals surface area contributed by atoms with Crippen LogP contribution in [0.25, 0.3) is 0 Å². The van der Waals surface area contributed by atoms with Crippen molar-refractivity contribution in [1.82, 2.24) is 5.32 Å². The summed E-state index contributed by atoms with van der Waals surface area (Å²) in [5.74, 6) is -5.54. The third-order valence-electron chi connectivity index (χ3n) is 2.98. The molecule has 1 fully saturated rings. The van der Waals surface area contributed by atoms with Crippen molar-refractivity contribution in [3.8, 4) is 0 Å². The van der Waals surface area contributed by atoms with E-state index in [0.717, 1.165) is 0 Å². The Kier molecular flexibility index (Phi) is 3.85. The monoisotopic (exact) mass is 237 g/mol. The molecule has 6 heteroatoms. The molecule has 0 bridgehead atoms. The van der Waals surface area contributed by atoms with Gasteiger partial charge in [0.2, 0.25) is 0 Å². The van der Waals surface area contributed by atoms with E-state index >= 15 is 0 Å². The van der Waals surface area contributed by atoms with Crippen LogP contribution in [0.5, 0.6) is 0 Å². The number of ether oxygens (including phenoxy) is 1. The molecule has 2 N–H and O–H groups in total. The molecule has 1 rings (SSSR count). The lowest BCUT2D eigenvalue weighted by Crippen LogP contribution is -2.65. The summed E-state index contributed by atoms with van der Waals surface area (Å²) in [4.78, 5) is 11.2. The molecule has 1 heterocycles. The Labute approximate surface area is 93.0 Å². The topological polar surface area (TPSA) is 58.6 Å². The van der Waals surface area contributed by atoms with Gasteiger partial charge >= 0.3 is 11.9 Å². The van der Waals surface area contributed by atoms with E-state index in [0.29, 0.717) is 13.0 Å². The van der Waals surface area contributed by atoms with Crippen LogP contribution >= 0.6 is 0 Å². The number of nitrogens with one attached hydrogen (secondary N) is 1. The predicted octanol–water partition coefficient (Wildman–Crippen LogP) is 0.688. The van der Waals surface area contributed by atoms with Crippen molar-refractivity contribution in [3.63, 3.8) is 0 Å². The standard InChI is InChI=1S/C10H17F2NO3/c1-3-16-8(14)10(11,12)9(15)5-4-6-13-7(9)2/h7,13,15H,3-6H2,1-2H3. The van der Waals surface area contributed by atoms with Crippen LogP contribution in [0, 0.1) is 0 Å². The van der Waals surface area contributed by atoms with Gasteiger partial charge in [-0.15, -0.1) is 0 Å². The first-order valence-electron chi connectivity index (χ1n) is 5.37. The molecule has 1 aliphatic rings. The van der Waals surface area contributed by atoms with Crippen LogP contribution < -0.4 is 5.32 Å². The second kappa shape index (κ2) is 4.63. The summed E-state index contributed by atoms with van der Waals surface area (Å²) in [6.45, 7) is 3.31. The van der Waals surface area contributed by atoms with E-state index in [1.807, 2.05) is 0 Å². The molecule has 0 aromatic carbocycles.